The Hall–Kier alpha value is -3.85. The van der Waals surface area contributed by atoms with Crippen molar-refractivity contribution in [3.63, 3.8) is 0 Å². The average Bonchev–Trinajstić information content (AvgIpc) is 3.46. The van der Waals surface area contributed by atoms with Gasteiger partial charge in [0.2, 0.25) is 0 Å². The molecule has 9 nitrogen and oxygen atoms in total. The Morgan fingerprint density at radius 2 is 1.68 bits per heavy atom. The fourth-order valence-corrected chi connectivity index (χ4v) is 3.90. The molecule has 0 bridgehead atoms. The van der Waals surface area contributed by atoms with Crippen molar-refractivity contribution < 1.29 is 9.59 Å². The van der Waals surface area contributed by atoms with Crippen LogP contribution in [-0.2, 0) is 11.3 Å². The molecule has 1 fully saturated rings. The second-order valence-electron chi connectivity index (χ2n) is 7.49. The van der Waals surface area contributed by atoms with Crippen molar-refractivity contribution >= 4 is 22.6 Å². The van der Waals surface area contributed by atoms with Gasteiger partial charge in [-0.25, -0.2) is 0 Å². The van der Waals surface area contributed by atoms with Gasteiger partial charge in [-0.2, -0.15) is 4.68 Å². The van der Waals surface area contributed by atoms with Gasteiger partial charge in [-0.1, -0.05) is 36.4 Å². The zero-order chi connectivity index (χ0) is 21.2. The first-order valence-corrected chi connectivity index (χ1v) is 10.2. The molecule has 0 aliphatic carbocycles. The molecule has 1 N–H and O–H groups in total. The van der Waals surface area contributed by atoms with Crippen LogP contribution >= 0.6 is 0 Å². The van der Waals surface area contributed by atoms with Crippen molar-refractivity contribution in [1.29, 1.82) is 0 Å². The fraction of sp³-hybridized carbons (Fsp3) is 0.227. The number of nitrogens with one attached hydrogen (secondary N) is 1. The summed E-state index contributed by atoms with van der Waals surface area (Å²) in [6.45, 7) is 2.84. The van der Waals surface area contributed by atoms with Crippen molar-refractivity contribution in [3.05, 3.63) is 72.2 Å². The maximum atomic E-state index is 12.8. The number of benzene rings is 2. The van der Waals surface area contributed by atoms with Crippen molar-refractivity contribution in [3.8, 4) is 5.69 Å². The lowest BCUT2D eigenvalue weighted by Crippen LogP contribution is -2.50. The number of nitrogens with zero attached hydrogens (tertiary/aromatic N) is 6. The van der Waals surface area contributed by atoms with Crippen LogP contribution in [0.4, 0.5) is 0 Å². The van der Waals surface area contributed by atoms with Crippen LogP contribution < -0.4 is 0 Å². The molecule has 1 saturated heterocycles. The van der Waals surface area contributed by atoms with Crippen LogP contribution in [0.25, 0.3) is 16.6 Å². The smallest absolute Gasteiger partial charge is 0.295 e. The predicted molar refractivity (Wildman–Crippen MR) is 114 cm³/mol. The fourth-order valence-electron chi connectivity index (χ4n) is 3.90. The minimum atomic E-state index is -0.473. The second-order valence-corrected chi connectivity index (χ2v) is 7.49. The molecule has 4 aromatic rings. The summed E-state index contributed by atoms with van der Waals surface area (Å²) in [4.78, 5) is 32.5. The number of hydrogen-bond acceptors (Lipinski definition) is 6. The molecule has 31 heavy (non-hydrogen) atoms. The van der Waals surface area contributed by atoms with E-state index < -0.39 is 11.7 Å². The molecule has 2 aromatic carbocycles. The quantitative estimate of drug-likeness (QED) is 0.393. The van der Waals surface area contributed by atoms with E-state index >= 15 is 0 Å². The number of aromatic nitrogens is 5. The van der Waals surface area contributed by atoms with E-state index in [4.69, 9.17) is 0 Å². The highest BCUT2D eigenvalue weighted by molar-refractivity contribution is 6.44. The van der Waals surface area contributed by atoms with Crippen molar-refractivity contribution in [1.82, 2.24) is 35.0 Å². The minimum absolute atomic E-state index is 0.421. The molecule has 0 atom stereocenters. The van der Waals surface area contributed by atoms with Crippen molar-refractivity contribution in [2.75, 3.05) is 26.2 Å². The number of rotatable bonds is 5. The van der Waals surface area contributed by atoms with Crippen molar-refractivity contribution in [2.45, 2.75) is 6.54 Å². The van der Waals surface area contributed by atoms with Crippen LogP contribution in [0.5, 0.6) is 0 Å². The molecule has 5 rings (SSSR count). The Labute approximate surface area is 178 Å². The third-order valence-corrected chi connectivity index (χ3v) is 5.59. The normalized spacial score (nSPS) is 14.8. The average molecular weight is 415 g/mol. The Morgan fingerprint density at radius 1 is 0.935 bits per heavy atom. The van der Waals surface area contributed by atoms with Crippen LogP contribution in [-0.4, -0.2) is 72.9 Å². The summed E-state index contributed by atoms with van der Waals surface area (Å²) in [5.41, 5.74) is 2.17. The van der Waals surface area contributed by atoms with Gasteiger partial charge in [0, 0.05) is 43.3 Å². The number of carbonyl (C=O) groups is 2. The molecule has 9 heteroatoms. The summed E-state index contributed by atoms with van der Waals surface area (Å²) in [7, 11) is 0. The highest BCUT2D eigenvalue weighted by Gasteiger charge is 2.28. The monoisotopic (exact) mass is 415 g/mol. The van der Waals surface area contributed by atoms with E-state index in [0.717, 1.165) is 22.4 Å². The summed E-state index contributed by atoms with van der Waals surface area (Å²) in [5, 5.41) is 12.8. The maximum Gasteiger partial charge on any atom is 0.295 e. The Morgan fingerprint density at radius 3 is 2.48 bits per heavy atom. The van der Waals surface area contributed by atoms with Crippen LogP contribution in [0.3, 0.4) is 0 Å². The molecular weight excluding hydrogens is 394 g/mol. The number of fused-ring (bicyclic) bond motifs is 1. The minimum Gasteiger partial charge on any atom is -0.360 e. The van der Waals surface area contributed by atoms with E-state index in [2.05, 4.69) is 25.4 Å². The van der Waals surface area contributed by atoms with E-state index in [1.165, 1.54) is 0 Å². The number of para-hydroxylation sites is 2. The molecule has 0 unspecified atom stereocenters. The molecule has 0 spiro atoms. The van der Waals surface area contributed by atoms with E-state index in [1.54, 1.807) is 15.8 Å². The highest BCUT2D eigenvalue weighted by Crippen LogP contribution is 2.19. The first-order chi connectivity index (χ1) is 15.2. The summed E-state index contributed by atoms with van der Waals surface area (Å²) in [6, 6.07) is 17.2. The zero-order valence-corrected chi connectivity index (χ0v) is 16.8. The molecule has 2 aromatic heterocycles. The van der Waals surface area contributed by atoms with Gasteiger partial charge in [-0.15, -0.1) is 5.10 Å². The Kier molecular flexibility index (Phi) is 5.01. The van der Waals surface area contributed by atoms with Gasteiger partial charge in [-0.3, -0.25) is 14.5 Å². The lowest BCUT2D eigenvalue weighted by molar-refractivity contribution is -0.128. The number of carbonyl (C=O) groups excluding carboxylic acids is 2. The topological polar surface area (TPSA) is 100 Å². The molecule has 1 aliphatic rings. The summed E-state index contributed by atoms with van der Waals surface area (Å²) in [6.07, 6.45) is 1.62. The molecule has 156 valence electrons. The molecule has 0 radical (unpaired) electrons. The van der Waals surface area contributed by atoms with E-state index in [0.29, 0.717) is 38.3 Å². The van der Waals surface area contributed by atoms with Gasteiger partial charge < -0.3 is 9.88 Å². The standard InChI is InChI=1S/C22H21N7O2/c30-21(18-14-23-19-9-5-4-8-17(18)19)22(31)28-12-10-27(11-13-28)15-20-24-25-26-29(20)16-6-2-1-3-7-16/h1-9,14,23H,10-13,15H2. The lowest BCUT2D eigenvalue weighted by Gasteiger charge is -2.33. The number of Topliss-reactive ketones (excluding diaryl/α,β-unsaturated/α-hetero) is 1. The van der Waals surface area contributed by atoms with Gasteiger partial charge in [0.1, 0.15) is 0 Å². The Balaban J connectivity index is 1.23. The summed E-state index contributed by atoms with van der Waals surface area (Å²) < 4.78 is 1.72. The second kappa shape index (κ2) is 8.11. The van der Waals surface area contributed by atoms with Crippen LogP contribution in [0.2, 0.25) is 0 Å². The number of hydrogen-bond donors (Lipinski definition) is 1. The molecule has 0 saturated carbocycles. The molecule has 3 heterocycles. The number of amides is 1. The number of tetrazole rings is 1. The van der Waals surface area contributed by atoms with Crippen LogP contribution in [0.15, 0.2) is 60.8 Å². The number of H-pyrrole nitrogens is 1. The highest BCUT2D eigenvalue weighted by atomic mass is 16.2. The molecule has 1 aliphatic heterocycles. The Bertz CT molecular complexity index is 1220. The van der Waals surface area contributed by atoms with E-state index in [9.17, 15) is 9.59 Å². The molecular formula is C22H21N7O2. The third kappa shape index (κ3) is 3.71. The third-order valence-electron chi connectivity index (χ3n) is 5.59. The SMILES string of the molecule is O=C(C(=O)N1CCN(Cc2nnnn2-c2ccccc2)CC1)c1c[nH]c2ccccc12. The largest absolute Gasteiger partial charge is 0.360 e. The number of piperazine rings is 1. The lowest BCUT2D eigenvalue weighted by atomic mass is 10.1. The predicted octanol–water partition coefficient (Wildman–Crippen LogP) is 1.67. The van der Waals surface area contributed by atoms with Crippen molar-refractivity contribution in [2.24, 2.45) is 0 Å². The first-order valence-electron chi connectivity index (χ1n) is 10.2. The summed E-state index contributed by atoms with van der Waals surface area (Å²) >= 11 is 0. The maximum absolute atomic E-state index is 12.8. The van der Waals surface area contributed by atoms with Gasteiger partial charge in [0.25, 0.3) is 11.7 Å². The van der Waals surface area contributed by atoms with Crippen LogP contribution in [0, 0.1) is 0 Å². The number of ketones is 1. The van der Waals surface area contributed by atoms with E-state index in [1.807, 2.05) is 54.6 Å². The van der Waals surface area contributed by atoms with Gasteiger partial charge in [0.05, 0.1) is 17.8 Å². The van der Waals surface area contributed by atoms with Gasteiger partial charge in [0.15, 0.2) is 5.82 Å². The number of aromatic amines is 1. The first kappa shape index (κ1) is 19.1. The zero-order valence-electron chi connectivity index (χ0n) is 16.8. The van der Waals surface area contributed by atoms with Gasteiger partial charge in [-0.05, 0) is 28.6 Å². The van der Waals surface area contributed by atoms with Crippen LogP contribution in [0.1, 0.15) is 16.2 Å². The van der Waals surface area contributed by atoms with Gasteiger partial charge >= 0.3 is 0 Å². The summed E-state index contributed by atoms with van der Waals surface area (Å²) in [5.74, 6) is -0.196. The molecule has 1 amide bonds. The van der Waals surface area contributed by atoms with E-state index in [-0.39, 0.29) is 0 Å².